The molecule has 0 amide bonds. The minimum absolute atomic E-state index is 0.650. The van der Waals surface area contributed by atoms with Crippen molar-refractivity contribution in [3.05, 3.63) is 36.2 Å². The highest BCUT2D eigenvalue weighted by molar-refractivity contribution is 5.47. The summed E-state index contributed by atoms with van der Waals surface area (Å²) >= 11 is 0. The summed E-state index contributed by atoms with van der Waals surface area (Å²) in [5, 5.41) is 12.7. The molecule has 0 spiro atoms. The Morgan fingerprint density at radius 1 is 1.14 bits per heavy atom. The summed E-state index contributed by atoms with van der Waals surface area (Å²) in [4.78, 5) is 6.55. The molecule has 1 saturated heterocycles. The number of imidazole rings is 1. The van der Waals surface area contributed by atoms with Gasteiger partial charge in [0.25, 0.3) is 0 Å². The fourth-order valence-electron chi connectivity index (χ4n) is 2.80. The van der Waals surface area contributed by atoms with E-state index in [1.807, 2.05) is 38.4 Å². The van der Waals surface area contributed by atoms with Crippen LogP contribution in [-0.4, -0.2) is 42.5 Å². The summed E-state index contributed by atoms with van der Waals surface area (Å²) in [6, 6.07) is 3.98. The fraction of sp³-hybridized carbons (Fsp3) is 0.429. The largest absolute Gasteiger partial charge is 0.354 e. The van der Waals surface area contributed by atoms with E-state index in [0.29, 0.717) is 5.92 Å². The second-order valence-electron chi connectivity index (χ2n) is 5.61. The minimum atomic E-state index is 0.650. The molecule has 4 rings (SSSR count). The van der Waals surface area contributed by atoms with E-state index >= 15 is 0 Å². The van der Waals surface area contributed by atoms with Crippen LogP contribution in [0, 0.1) is 19.8 Å². The molecule has 0 radical (unpaired) electrons. The van der Waals surface area contributed by atoms with E-state index in [1.165, 1.54) is 0 Å². The summed E-state index contributed by atoms with van der Waals surface area (Å²) < 4.78 is 4.01. The van der Waals surface area contributed by atoms with Crippen LogP contribution in [0.3, 0.4) is 0 Å². The van der Waals surface area contributed by atoms with Crippen molar-refractivity contribution in [3.8, 4) is 0 Å². The molecule has 1 aliphatic heterocycles. The summed E-state index contributed by atoms with van der Waals surface area (Å²) in [6.45, 7) is 7.03. The minimum Gasteiger partial charge on any atom is -0.354 e. The van der Waals surface area contributed by atoms with Crippen LogP contribution in [0.2, 0.25) is 0 Å². The van der Waals surface area contributed by atoms with Gasteiger partial charge < -0.3 is 9.47 Å². The lowest BCUT2D eigenvalue weighted by atomic mass is 10.00. The third-order valence-electron chi connectivity index (χ3n) is 4.06. The standard InChI is InChI=1S/C14H17N7/c1-10-15-5-6-19(10)7-12-8-20(9-12)14-4-3-13-17-16-11(2)21(13)18-14/h3-6,12H,7-9H2,1-2H3. The van der Waals surface area contributed by atoms with Gasteiger partial charge in [0, 0.05) is 37.9 Å². The lowest BCUT2D eigenvalue weighted by Gasteiger charge is -2.40. The zero-order chi connectivity index (χ0) is 14.4. The molecule has 108 valence electrons. The number of aryl methyl sites for hydroxylation is 2. The monoisotopic (exact) mass is 283 g/mol. The second kappa shape index (κ2) is 4.54. The Labute approximate surface area is 122 Å². The van der Waals surface area contributed by atoms with Gasteiger partial charge in [-0.3, -0.25) is 0 Å². The summed E-state index contributed by atoms with van der Waals surface area (Å²) in [5.74, 6) is 3.53. The molecule has 1 aliphatic rings. The van der Waals surface area contributed by atoms with Gasteiger partial charge in [0.15, 0.2) is 11.5 Å². The summed E-state index contributed by atoms with van der Waals surface area (Å²) in [7, 11) is 0. The van der Waals surface area contributed by atoms with E-state index in [1.54, 1.807) is 4.52 Å². The highest BCUT2D eigenvalue weighted by Crippen LogP contribution is 2.24. The SMILES string of the molecule is Cc1nccn1CC1CN(c2ccc3nnc(C)n3n2)C1. The molecule has 1 fully saturated rings. The van der Waals surface area contributed by atoms with E-state index in [4.69, 9.17) is 0 Å². The Hall–Kier alpha value is -2.44. The van der Waals surface area contributed by atoms with Gasteiger partial charge in [-0.1, -0.05) is 0 Å². The first kappa shape index (κ1) is 12.3. The van der Waals surface area contributed by atoms with Gasteiger partial charge >= 0.3 is 0 Å². The Morgan fingerprint density at radius 2 is 2.00 bits per heavy atom. The molecule has 0 atom stereocenters. The average molecular weight is 283 g/mol. The number of hydrogen-bond acceptors (Lipinski definition) is 5. The highest BCUT2D eigenvalue weighted by Gasteiger charge is 2.28. The van der Waals surface area contributed by atoms with Crippen LogP contribution >= 0.6 is 0 Å². The molecule has 7 heteroatoms. The molecule has 7 nitrogen and oxygen atoms in total. The maximum absolute atomic E-state index is 4.60. The van der Waals surface area contributed by atoms with Gasteiger partial charge in [0.05, 0.1) is 0 Å². The van der Waals surface area contributed by atoms with Crippen LogP contribution in [0.25, 0.3) is 5.65 Å². The Kier molecular flexibility index (Phi) is 2.66. The smallest absolute Gasteiger partial charge is 0.178 e. The van der Waals surface area contributed by atoms with Crippen LogP contribution in [0.1, 0.15) is 11.6 Å². The van der Waals surface area contributed by atoms with Crippen LogP contribution in [0.4, 0.5) is 5.82 Å². The van der Waals surface area contributed by atoms with E-state index < -0.39 is 0 Å². The van der Waals surface area contributed by atoms with Crippen molar-refractivity contribution in [1.82, 2.24) is 29.4 Å². The van der Waals surface area contributed by atoms with E-state index in [9.17, 15) is 0 Å². The number of anilines is 1. The molecular weight excluding hydrogens is 266 g/mol. The lowest BCUT2D eigenvalue weighted by Crippen LogP contribution is -2.49. The number of rotatable bonds is 3. The van der Waals surface area contributed by atoms with Crippen molar-refractivity contribution >= 4 is 11.5 Å². The second-order valence-corrected chi connectivity index (χ2v) is 5.61. The molecule has 0 aromatic carbocycles. The van der Waals surface area contributed by atoms with E-state index in [2.05, 4.69) is 29.7 Å². The molecule has 3 aromatic heterocycles. The Morgan fingerprint density at radius 3 is 2.76 bits per heavy atom. The fourth-order valence-corrected chi connectivity index (χ4v) is 2.80. The number of aromatic nitrogens is 6. The normalized spacial score (nSPS) is 15.6. The van der Waals surface area contributed by atoms with Gasteiger partial charge in [0.1, 0.15) is 11.6 Å². The Bertz CT molecular complexity index is 782. The molecule has 21 heavy (non-hydrogen) atoms. The first-order valence-corrected chi connectivity index (χ1v) is 7.12. The first-order chi connectivity index (χ1) is 10.2. The molecule has 0 saturated carbocycles. The lowest BCUT2D eigenvalue weighted by molar-refractivity contribution is 0.351. The summed E-state index contributed by atoms with van der Waals surface area (Å²) in [5.41, 5.74) is 0.794. The third kappa shape index (κ3) is 2.05. The highest BCUT2D eigenvalue weighted by atomic mass is 15.4. The maximum atomic E-state index is 4.60. The van der Waals surface area contributed by atoms with Crippen LogP contribution in [0.15, 0.2) is 24.5 Å². The number of nitrogens with zero attached hydrogens (tertiary/aromatic N) is 7. The number of fused-ring (bicyclic) bond motifs is 1. The molecule has 0 N–H and O–H groups in total. The van der Waals surface area contributed by atoms with Gasteiger partial charge in [-0.2, -0.15) is 4.52 Å². The van der Waals surface area contributed by atoms with Crippen molar-refractivity contribution in [2.24, 2.45) is 5.92 Å². The maximum Gasteiger partial charge on any atom is 0.178 e. The quantitative estimate of drug-likeness (QED) is 0.719. The Balaban J connectivity index is 1.46. The van der Waals surface area contributed by atoms with Crippen molar-refractivity contribution in [3.63, 3.8) is 0 Å². The van der Waals surface area contributed by atoms with Gasteiger partial charge in [0.2, 0.25) is 0 Å². The third-order valence-corrected chi connectivity index (χ3v) is 4.06. The van der Waals surface area contributed by atoms with Crippen LogP contribution < -0.4 is 4.90 Å². The number of hydrogen-bond donors (Lipinski definition) is 0. The molecule has 0 unspecified atom stereocenters. The van der Waals surface area contributed by atoms with Crippen LogP contribution in [-0.2, 0) is 6.54 Å². The molecule has 4 heterocycles. The van der Waals surface area contributed by atoms with Crippen LogP contribution in [0.5, 0.6) is 0 Å². The predicted octanol–water partition coefficient (Wildman–Crippen LogP) is 1.07. The van der Waals surface area contributed by atoms with E-state index in [-0.39, 0.29) is 0 Å². The zero-order valence-corrected chi connectivity index (χ0v) is 12.1. The molecular formula is C14H17N7. The van der Waals surface area contributed by atoms with Crippen molar-refractivity contribution < 1.29 is 0 Å². The first-order valence-electron chi connectivity index (χ1n) is 7.12. The average Bonchev–Trinajstić information content (AvgIpc) is 3.00. The molecule has 0 bridgehead atoms. The predicted molar refractivity (Wildman–Crippen MR) is 78.2 cm³/mol. The van der Waals surface area contributed by atoms with Crippen molar-refractivity contribution in [2.45, 2.75) is 20.4 Å². The van der Waals surface area contributed by atoms with Gasteiger partial charge in [-0.25, -0.2) is 4.98 Å². The topological polar surface area (TPSA) is 64.1 Å². The summed E-state index contributed by atoms with van der Waals surface area (Å²) in [6.07, 6.45) is 3.90. The molecule has 0 aliphatic carbocycles. The molecule has 3 aromatic rings. The van der Waals surface area contributed by atoms with Crippen molar-refractivity contribution in [2.75, 3.05) is 18.0 Å². The van der Waals surface area contributed by atoms with Gasteiger partial charge in [-0.15, -0.1) is 15.3 Å². The van der Waals surface area contributed by atoms with Crippen molar-refractivity contribution in [1.29, 1.82) is 0 Å². The zero-order valence-electron chi connectivity index (χ0n) is 12.1. The van der Waals surface area contributed by atoms with Gasteiger partial charge in [-0.05, 0) is 26.0 Å². The van der Waals surface area contributed by atoms with E-state index in [0.717, 1.165) is 42.7 Å².